The lowest BCUT2D eigenvalue weighted by atomic mass is 10.2. The highest BCUT2D eigenvalue weighted by Gasteiger charge is 2.30. The van der Waals surface area contributed by atoms with Gasteiger partial charge in [-0.15, -0.1) is 0 Å². The molecule has 0 amide bonds. The Balaban J connectivity index is 1.77. The molecule has 0 aliphatic carbocycles. The SMILES string of the molecule is O=P(O)(O)OC[C@@H]1CC[C@H](n2cnc3c(Cl)nc(Cl)nc32)O1. The van der Waals surface area contributed by atoms with Crippen molar-refractivity contribution in [2.75, 3.05) is 6.61 Å². The molecule has 2 atom stereocenters. The van der Waals surface area contributed by atoms with Gasteiger partial charge in [0.25, 0.3) is 0 Å². The standard InChI is InChI=1S/C10H11Cl2N4O5P/c11-8-7-9(15-10(12)14-8)16(4-13-7)6-2-1-5(21-6)3-20-22(17,18)19/h4-6H,1-3H2,(H2,17,18,19)/t5-,6+/m0/s1. The predicted octanol–water partition coefficient (Wildman–Crippen LogP) is 1.92. The summed E-state index contributed by atoms with van der Waals surface area (Å²) in [6.07, 6.45) is 1.88. The molecule has 2 aromatic heterocycles. The third-order valence-electron chi connectivity index (χ3n) is 3.18. The molecule has 1 saturated heterocycles. The van der Waals surface area contributed by atoms with E-state index in [2.05, 4.69) is 19.5 Å². The number of rotatable bonds is 4. The number of phosphoric ester groups is 1. The van der Waals surface area contributed by atoms with Gasteiger partial charge in [-0.1, -0.05) is 11.6 Å². The molecule has 0 spiro atoms. The number of hydrogen-bond acceptors (Lipinski definition) is 6. The molecule has 1 aliphatic rings. The van der Waals surface area contributed by atoms with E-state index < -0.39 is 20.2 Å². The first-order chi connectivity index (χ1) is 10.3. The maximum Gasteiger partial charge on any atom is 0.469 e. The van der Waals surface area contributed by atoms with Crippen molar-refractivity contribution in [3.63, 3.8) is 0 Å². The minimum absolute atomic E-state index is 0.00127. The summed E-state index contributed by atoms with van der Waals surface area (Å²) in [7, 11) is -4.50. The molecular formula is C10H11Cl2N4O5P. The number of ether oxygens (including phenoxy) is 1. The van der Waals surface area contributed by atoms with Crippen LogP contribution in [0, 0.1) is 0 Å². The molecule has 2 aromatic rings. The van der Waals surface area contributed by atoms with Crippen LogP contribution in [0.4, 0.5) is 0 Å². The molecule has 9 nitrogen and oxygen atoms in total. The first-order valence-electron chi connectivity index (χ1n) is 6.24. The maximum absolute atomic E-state index is 10.7. The van der Waals surface area contributed by atoms with Crippen LogP contribution in [0.25, 0.3) is 11.2 Å². The second-order valence-corrected chi connectivity index (χ2v) is 6.62. The number of aromatic nitrogens is 4. The van der Waals surface area contributed by atoms with Gasteiger partial charge in [-0.25, -0.2) is 14.5 Å². The van der Waals surface area contributed by atoms with Gasteiger partial charge < -0.3 is 14.5 Å². The highest BCUT2D eigenvalue weighted by molar-refractivity contribution is 7.46. The summed E-state index contributed by atoms with van der Waals surface area (Å²) in [6, 6.07) is 0. The van der Waals surface area contributed by atoms with E-state index in [1.54, 1.807) is 4.57 Å². The molecular weight excluding hydrogens is 358 g/mol. The first kappa shape index (κ1) is 16.1. The Morgan fingerprint density at radius 1 is 1.41 bits per heavy atom. The van der Waals surface area contributed by atoms with Crippen LogP contribution in [-0.2, 0) is 13.8 Å². The molecule has 0 unspecified atom stereocenters. The van der Waals surface area contributed by atoms with Gasteiger partial charge in [0, 0.05) is 0 Å². The van der Waals surface area contributed by atoms with Gasteiger partial charge in [-0.2, -0.15) is 4.98 Å². The summed E-state index contributed by atoms with van der Waals surface area (Å²) in [5.41, 5.74) is 0.844. The molecule has 0 bridgehead atoms. The normalized spacial score (nSPS) is 22.5. The van der Waals surface area contributed by atoms with E-state index in [4.69, 9.17) is 37.7 Å². The molecule has 0 aromatic carbocycles. The lowest BCUT2D eigenvalue weighted by Crippen LogP contribution is -2.16. The first-order valence-corrected chi connectivity index (χ1v) is 8.53. The van der Waals surface area contributed by atoms with Gasteiger partial charge in [-0.05, 0) is 24.4 Å². The van der Waals surface area contributed by atoms with Crippen molar-refractivity contribution in [3.05, 3.63) is 16.8 Å². The summed E-state index contributed by atoms with van der Waals surface area (Å²) in [5.74, 6) is 0. The van der Waals surface area contributed by atoms with E-state index in [-0.39, 0.29) is 17.0 Å². The molecule has 22 heavy (non-hydrogen) atoms. The van der Waals surface area contributed by atoms with Gasteiger partial charge >= 0.3 is 7.82 Å². The lowest BCUT2D eigenvalue weighted by molar-refractivity contribution is -0.0205. The van der Waals surface area contributed by atoms with Crippen LogP contribution in [0.15, 0.2) is 6.33 Å². The fraction of sp³-hybridized carbons (Fsp3) is 0.500. The highest BCUT2D eigenvalue weighted by Crippen LogP contribution is 2.38. The molecule has 1 aliphatic heterocycles. The zero-order chi connectivity index (χ0) is 15.9. The molecule has 0 saturated carbocycles. The van der Waals surface area contributed by atoms with Crippen molar-refractivity contribution in [3.8, 4) is 0 Å². The minimum Gasteiger partial charge on any atom is -0.352 e. The summed E-state index contributed by atoms with van der Waals surface area (Å²) in [5, 5.41) is 0.145. The van der Waals surface area contributed by atoms with Crippen LogP contribution >= 0.6 is 31.0 Å². The minimum atomic E-state index is -4.50. The Labute approximate surface area is 134 Å². The number of fused-ring (bicyclic) bond motifs is 1. The van der Waals surface area contributed by atoms with Crippen molar-refractivity contribution >= 4 is 42.2 Å². The quantitative estimate of drug-likeness (QED) is 0.477. The van der Waals surface area contributed by atoms with Gasteiger partial charge in [0.05, 0.1) is 19.0 Å². The smallest absolute Gasteiger partial charge is 0.352 e. The van der Waals surface area contributed by atoms with Gasteiger partial charge in [0.2, 0.25) is 5.28 Å². The van der Waals surface area contributed by atoms with Crippen molar-refractivity contribution in [1.82, 2.24) is 19.5 Å². The van der Waals surface area contributed by atoms with Crippen LogP contribution < -0.4 is 0 Å². The third kappa shape index (κ3) is 3.41. The molecule has 0 radical (unpaired) electrons. The van der Waals surface area contributed by atoms with Gasteiger partial charge in [0.1, 0.15) is 11.7 Å². The van der Waals surface area contributed by atoms with Crippen LogP contribution in [0.2, 0.25) is 10.4 Å². The van der Waals surface area contributed by atoms with E-state index in [0.29, 0.717) is 24.0 Å². The maximum atomic E-state index is 10.7. The second kappa shape index (κ2) is 6.01. The number of hydrogen-bond donors (Lipinski definition) is 2. The van der Waals surface area contributed by atoms with Crippen molar-refractivity contribution in [2.45, 2.75) is 25.2 Å². The predicted molar refractivity (Wildman–Crippen MR) is 76.5 cm³/mol. The summed E-state index contributed by atoms with van der Waals surface area (Å²) >= 11 is 11.7. The Morgan fingerprint density at radius 3 is 2.91 bits per heavy atom. The molecule has 1 fully saturated rings. The second-order valence-electron chi connectivity index (χ2n) is 4.68. The molecule has 3 heterocycles. The van der Waals surface area contributed by atoms with Crippen LogP contribution in [0.3, 0.4) is 0 Å². The molecule has 3 rings (SSSR count). The Kier molecular flexibility index (Phi) is 4.39. The number of halogens is 2. The van der Waals surface area contributed by atoms with Gasteiger partial charge in [-0.3, -0.25) is 9.09 Å². The topological polar surface area (TPSA) is 120 Å². The van der Waals surface area contributed by atoms with Crippen molar-refractivity contribution in [1.29, 1.82) is 0 Å². The summed E-state index contributed by atoms with van der Waals surface area (Å²) < 4.78 is 22.5. The van der Waals surface area contributed by atoms with Gasteiger partial charge in [0.15, 0.2) is 10.8 Å². The average molecular weight is 369 g/mol. The van der Waals surface area contributed by atoms with E-state index >= 15 is 0 Å². The monoisotopic (exact) mass is 368 g/mol. The van der Waals surface area contributed by atoms with E-state index in [0.717, 1.165) is 0 Å². The van der Waals surface area contributed by atoms with Crippen LogP contribution in [0.1, 0.15) is 19.1 Å². The van der Waals surface area contributed by atoms with E-state index in [1.807, 2.05) is 0 Å². The van der Waals surface area contributed by atoms with Crippen LogP contribution in [0.5, 0.6) is 0 Å². The van der Waals surface area contributed by atoms with E-state index in [9.17, 15) is 4.57 Å². The Hall–Kier alpha value is -0.800. The van der Waals surface area contributed by atoms with Crippen LogP contribution in [-0.4, -0.2) is 42.0 Å². The Bertz CT molecular complexity index is 750. The number of imidazole rings is 1. The molecule has 120 valence electrons. The largest absolute Gasteiger partial charge is 0.469 e. The third-order valence-corrected chi connectivity index (χ3v) is 4.09. The Morgan fingerprint density at radius 2 is 2.18 bits per heavy atom. The number of nitrogens with zero attached hydrogens (tertiary/aromatic N) is 4. The molecule has 12 heteroatoms. The zero-order valence-corrected chi connectivity index (χ0v) is 13.4. The fourth-order valence-electron chi connectivity index (χ4n) is 2.26. The number of phosphoric acid groups is 1. The zero-order valence-electron chi connectivity index (χ0n) is 11.0. The van der Waals surface area contributed by atoms with Crippen molar-refractivity contribution in [2.24, 2.45) is 0 Å². The summed E-state index contributed by atoms with van der Waals surface area (Å²) in [6.45, 7) is -0.191. The van der Waals surface area contributed by atoms with E-state index in [1.165, 1.54) is 6.33 Å². The lowest BCUT2D eigenvalue weighted by Gasteiger charge is -2.15. The van der Waals surface area contributed by atoms with Crippen molar-refractivity contribution < 1.29 is 23.6 Å². The summed E-state index contributed by atoms with van der Waals surface area (Å²) in [4.78, 5) is 29.4. The fourth-order valence-corrected chi connectivity index (χ4v) is 3.04. The average Bonchev–Trinajstić information content (AvgIpc) is 3.01. The highest BCUT2D eigenvalue weighted by atomic mass is 35.5. The molecule has 2 N–H and O–H groups in total.